The zero-order valence-corrected chi connectivity index (χ0v) is 14.4. The van der Waals surface area contributed by atoms with E-state index in [1.807, 2.05) is 0 Å². The van der Waals surface area contributed by atoms with E-state index in [-0.39, 0.29) is 36.0 Å². The first-order valence-corrected chi connectivity index (χ1v) is 9.06. The topological polar surface area (TPSA) is 81.7 Å². The first-order valence-electron chi connectivity index (χ1n) is 7.58. The standard InChI is InChI=1S/C17H18FNO5S/c1-2-19-25(21,22)14-7-5-6-13(12-14)17(20)24-11-10-23-16-9-4-3-8-15(16)18/h3-9,12,19H,2,10-11H2,1H3. The number of carbonyl (C=O) groups is 1. The van der Waals surface area contributed by atoms with Crippen molar-refractivity contribution in [1.29, 1.82) is 0 Å². The minimum atomic E-state index is -3.66. The summed E-state index contributed by atoms with van der Waals surface area (Å²) in [6.07, 6.45) is 0. The number of halogens is 1. The maximum atomic E-state index is 13.4. The highest BCUT2D eigenvalue weighted by Gasteiger charge is 2.16. The number of sulfonamides is 1. The maximum absolute atomic E-state index is 13.4. The molecule has 0 spiro atoms. The van der Waals surface area contributed by atoms with Gasteiger partial charge in [0.25, 0.3) is 0 Å². The van der Waals surface area contributed by atoms with Crippen molar-refractivity contribution < 1.29 is 27.1 Å². The van der Waals surface area contributed by atoms with Gasteiger partial charge < -0.3 is 9.47 Å². The summed E-state index contributed by atoms with van der Waals surface area (Å²) < 4.78 is 49.8. The molecule has 2 aromatic rings. The average molecular weight is 367 g/mol. The quantitative estimate of drug-likeness (QED) is 0.572. The molecule has 0 saturated carbocycles. The number of rotatable bonds is 8. The smallest absolute Gasteiger partial charge is 0.338 e. The summed E-state index contributed by atoms with van der Waals surface area (Å²) >= 11 is 0. The van der Waals surface area contributed by atoms with Crippen LogP contribution in [0.3, 0.4) is 0 Å². The fraction of sp³-hybridized carbons (Fsp3) is 0.235. The van der Waals surface area contributed by atoms with Crippen LogP contribution in [0.4, 0.5) is 4.39 Å². The van der Waals surface area contributed by atoms with E-state index in [1.165, 1.54) is 42.5 Å². The number of para-hydroxylation sites is 1. The van der Waals surface area contributed by atoms with E-state index in [9.17, 15) is 17.6 Å². The van der Waals surface area contributed by atoms with Gasteiger partial charge in [0.1, 0.15) is 13.2 Å². The van der Waals surface area contributed by atoms with Crippen LogP contribution in [0.1, 0.15) is 17.3 Å². The number of hydrogen-bond acceptors (Lipinski definition) is 5. The molecule has 1 N–H and O–H groups in total. The molecule has 8 heteroatoms. The predicted octanol–water partition coefficient (Wildman–Crippen LogP) is 2.36. The summed E-state index contributed by atoms with van der Waals surface area (Å²) in [6, 6.07) is 11.4. The summed E-state index contributed by atoms with van der Waals surface area (Å²) in [4.78, 5) is 12.0. The first kappa shape index (κ1) is 18.9. The van der Waals surface area contributed by atoms with Crippen LogP contribution in [0.5, 0.6) is 5.75 Å². The Morgan fingerprint density at radius 3 is 2.60 bits per heavy atom. The minimum Gasteiger partial charge on any atom is -0.487 e. The number of nitrogens with one attached hydrogen (secondary N) is 1. The van der Waals surface area contributed by atoms with Gasteiger partial charge in [-0.2, -0.15) is 0 Å². The van der Waals surface area contributed by atoms with Crippen molar-refractivity contribution in [2.75, 3.05) is 19.8 Å². The van der Waals surface area contributed by atoms with Gasteiger partial charge in [0.2, 0.25) is 10.0 Å². The molecule has 0 fully saturated rings. The van der Waals surface area contributed by atoms with Gasteiger partial charge in [0, 0.05) is 6.54 Å². The lowest BCUT2D eigenvalue weighted by atomic mass is 10.2. The molecule has 0 bridgehead atoms. The Hall–Kier alpha value is -2.45. The Morgan fingerprint density at radius 2 is 1.88 bits per heavy atom. The van der Waals surface area contributed by atoms with Gasteiger partial charge in [-0.3, -0.25) is 0 Å². The molecule has 2 aromatic carbocycles. The Kier molecular flexibility index (Phi) is 6.49. The van der Waals surface area contributed by atoms with Gasteiger partial charge in [-0.25, -0.2) is 22.3 Å². The van der Waals surface area contributed by atoms with Crippen molar-refractivity contribution in [1.82, 2.24) is 4.72 Å². The van der Waals surface area contributed by atoms with Crippen LogP contribution in [0, 0.1) is 5.82 Å². The van der Waals surface area contributed by atoms with E-state index >= 15 is 0 Å². The van der Waals surface area contributed by atoms with Gasteiger partial charge in [-0.05, 0) is 30.3 Å². The molecule has 0 aromatic heterocycles. The average Bonchev–Trinajstić information content (AvgIpc) is 2.60. The number of carbonyl (C=O) groups excluding carboxylic acids is 1. The summed E-state index contributed by atoms with van der Waals surface area (Å²) in [7, 11) is -3.66. The summed E-state index contributed by atoms with van der Waals surface area (Å²) in [5, 5.41) is 0. The fourth-order valence-electron chi connectivity index (χ4n) is 1.99. The van der Waals surface area contributed by atoms with Crippen molar-refractivity contribution in [3.05, 3.63) is 59.9 Å². The number of hydrogen-bond donors (Lipinski definition) is 1. The molecule has 25 heavy (non-hydrogen) atoms. The lowest BCUT2D eigenvalue weighted by molar-refractivity contribution is 0.0448. The zero-order valence-electron chi connectivity index (χ0n) is 13.6. The van der Waals surface area contributed by atoms with Crippen molar-refractivity contribution in [2.45, 2.75) is 11.8 Å². The molecule has 0 heterocycles. The normalized spacial score (nSPS) is 11.1. The van der Waals surface area contributed by atoms with Crippen molar-refractivity contribution in [3.8, 4) is 5.75 Å². The van der Waals surface area contributed by atoms with Crippen molar-refractivity contribution >= 4 is 16.0 Å². The third kappa shape index (κ3) is 5.27. The number of benzene rings is 2. The lowest BCUT2D eigenvalue weighted by Gasteiger charge is -2.09. The molecule has 6 nitrogen and oxygen atoms in total. The Bertz CT molecular complexity index is 838. The van der Waals surface area contributed by atoms with E-state index < -0.39 is 21.8 Å². The summed E-state index contributed by atoms with van der Waals surface area (Å²) in [6.45, 7) is 1.77. The van der Waals surface area contributed by atoms with Crippen LogP contribution in [0.2, 0.25) is 0 Å². The Balaban J connectivity index is 1.92. The zero-order chi connectivity index (χ0) is 18.3. The van der Waals surface area contributed by atoms with Crippen LogP contribution in [0.15, 0.2) is 53.4 Å². The highest BCUT2D eigenvalue weighted by Crippen LogP contribution is 2.15. The highest BCUT2D eigenvalue weighted by molar-refractivity contribution is 7.89. The van der Waals surface area contributed by atoms with Crippen LogP contribution < -0.4 is 9.46 Å². The van der Waals surface area contributed by atoms with Crippen molar-refractivity contribution in [2.24, 2.45) is 0 Å². The summed E-state index contributed by atoms with van der Waals surface area (Å²) in [5.74, 6) is -1.13. The van der Waals surface area contributed by atoms with Crippen LogP contribution >= 0.6 is 0 Å². The van der Waals surface area contributed by atoms with E-state index in [0.29, 0.717) is 0 Å². The van der Waals surface area contributed by atoms with Gasteiger partial charge in [-0.15, -0.1) is 0 Å². The SMILES string of the molecule is CCNS(=O)(=O)c1cccc(C(=O)OCCOc2ccccc2F)c1. The summed E-state index contributed by atoms with van der Waals surface area (Å²) in [5.41, 5.74) is 0.102. The van der Waals surface area contributed by atoms with Gasteiger partial charge >= 0.3 is 5.97 Å². The minimum absolute atomic E-state index is 0.0218. The number of esters is 1. The monoisotopic (exact) mass is 367 g/mol. The lowest BCUT2D eigenvalue weighted by Crippen LogP contribution is -2.23. The molecule has 0 unspecified atom stereocenters. The molecule has 0 saturated heterocycles. The second-order valence-corrected chi connectivity index (χ2v) is 6.71. The highest BCUT2D eigenvalue weighted by atomic mass is 32.2. The van der Waals surface area contributed by atoms with Gasteiger partial charge in [0.05, 0.1) is 10.5 Å². The van der Waals surface area contributed by atoms with E-state index in [0.717, 1.165) is 0 Å². The second-order valence-electron chi connectivity index (χ2n) is 4.94. The molecular formula is C17H18FNO5S. The number of ether oxygens (including phenoxy) is 2. The van der Waals surface area contributed by atoms with Crippen molar-refractivity contribution in [3.63, 3.8) is 0 Å². The third-order valence-electron chi connectivity index (χ3n) is 3.13. The van der Waals surface area contributed by atoms with Crippen LogP contribution in [-0.4, -0.2) is 34.1 Å². The molecule has 0 radical (unpaired) electrons. The molecule has 0 aliphatic carbocycles. The fourth-order valence-corrected chi connectivity index (χ4v) is 3.08. The molecule has 0 amide bonds. The molecule has 0 aliphatic heterocycles. The molecular weight excluding hydrogens is 349 g/mol. The molecule has 134 valence electrons. The molecule has 0 aliphatic rings. The first-order chi connectivity index (χ1) is 11.9. The molecule has 0 atom stereocenters. The Labute approximate surface area is 145 Å². The van der Waals surface area contributed by atoms with Gasteiger partial charge in [0.15, 0.2) is 11.6 Å². The molecule has 2 rings (SSSR count). The Morgan fingerprint density at radius 1 is 1.12 bits per heavy atom. The second kappa shape index (κ2) is 8.59. The van der Waals surface area contributed by atoms with E-state index in [2.05, 4.69) is 4.72 Å². The maximum Gasteiger partial charge on any atom is 0.338 e. The van der Waals surface area contributed by atoms with E-state index in [1.54, 1.807) is 13.0 Å². The largest absolute Gasteiger partial charge is 0.487 e. The van der Waals surface area contributed by atoms with Crippen LogP contribution in [-0.2, 0) is 14.8 Å². The predicted molar refractivity (Wildman–Crippen MR) is 89.5 cm³/mol. The van der Waals surface area contributed by atoms with Crippen LogP contribution in [0.25, 0.3) is 0 Å². The van der Waals surface area contributed by atoms with Gasteiger partial charge in [-0.1, -0.05) is 25.1 Å². The third-order valence-corrected chi connectivity index (χ3v) is 4.67. The van der Waals surface area contributed by atoms with E-state index in [4.69, 9.17) is 9.47 Å².